The number of piperazine rings is 1. The van der Waals surface area contributed by atoms with E-state index in [4.69, 9.17) is 0 Å². The lowest BCUT2D eigenvalue weighted by molar-refractivity contribution is 0.414. The van der Waals surface area contributed by atoms with Crippen LogP contribution in [0.5, 0.6) is 5.75 Å². The Morgan fingerprint density at radius 2 is 1.93 bits per heavy atom. The third-order valence-electron chi connectivity index (χ3n) is 5.56. The molecular formula is C21H21FN6O. The summed E-state index contributed by atoms with van der Waals surface area (Å²) < 4.78 is 13.4. The van der Waals surface area contributed by atoms with E-state index in [0.717, 1.165) is 25.6 Å². The van der Waals surface area contributed by atoms with Crippen LogP contribution in [0.1, 0.15) is 12.8 Å². The molecular weight excluding hydrogens is 371 g/mol. The van der Waals surface area contributed by atoms with Crippen LogP contribution in [0.15, 0.2) is 42.7 Å². The van der Waals surface area contributed by atoms with Gasteiger partial charge in [0.1, 0.15) is 11.4 Å². The molecule has 2 N–H and O–H groups in total. The molecule has 148 valence electrons. The highest BCUT2D eigenvalue weighted by atomic mass is 19.1. The van der Waals surface area contributed by atoms with Crippen molar-refractivity contribution in [1.29, 1.82) is 0 Å². The number of aromatic nitrogens is 4. The SMILES string of the molecule is Oc1cc(-c2ccnc(F)c2)ccc1-c1cnc(N2CCNC(C3CC3)C2)nn1. The molecule has 0 amide bonds. The summed E-state index contributed by atoms with van der Waals surface area (Å²) >= 11 is 0. The van der Waals surface area contributed by atoms with Crippen LogP contribution < -0.4 is 10.2 Å². The molecule has 1 unspecified atom stereocenters. The molecule has 0 radical (unpaired) electrons. The van der Waals surface area contributed by atoms with Gasteiger partial charge >= 0.3 is 0 Å². The molecule has 3 aromatic rings. The van der Waals surface area contributed by atoms with Gasteiger partial charge in [-0.15, -0.1) is 10.2 Å². The Morgan fingerprint density at radius 1 is 1.07 bits per heavy atom. The summed E-state index contributed by atoms with van der Waals surface area (Å²) in [5.74, 6) is 0.867. The highest BCUT2D eigenvalue weighted by Crippen LogP contribution is 2.34. The van der Waals surface area contributed by atoms with E-state index in [-0.39, 0.29) is 5.75 Å². The Labute approximate surface area is 167 Å². The minimum absolute atomic E-state index is 0.0412. The van der Waals surface area contributed by atoms with Gasteiger partial charge in [-0.25, -0.2) is 9.97 Å². The van der Waals surface area contributed by atoms with Crippen LogP contribution in [-0.4, -0.2) is 50.9 Å². The second-order valence-electron chi connectivity index (χ2n) is 7.59. The largest absolute Gasteiger partial charge is 0.507 e. The standard InChI is InChI=1S/C21H21FN6O/c22-20-10-15(5-6-24-20)14-3-4-16(19(29)9-14)17-11-25-21(27-26-17)28-8-7-23-18(12-28)13-1-2-13/h3-6,9-11,13,18,23,29H,1-2,7-8,12H2. The van der Waals surface area contributed by atoms with Crippen molar-refractivity contribution in [3.8, 4) is 28.1 Å². The van der Waals surface area contributed by atoms with Crippen LogP contribution in [0.2, 0.25) is 0 Å². The smallest absolute Gasteiger partial charge is 0.245 e. The molecule has 2 aromatic heterocycles. The molecule has 8 heteroatoms. The van der Waals surface area contributed by atoms with Gasteiger partial charge in [0.2, 0.25) is 11.9 Å². The summed E-state index contributed by atoms with van der Waals surface area (Å²) in [6.07, 6.45) is 5.63. The Kier molecular flexibility index (Phi) is 4.55. The van der Waals surface area contributed by atoms with Gasteiger partial charge in [0.25, 0.3) is 0 Å². The molecule has 2 aliphatic rings. The first-order valence-corrected chi connectivity index (χ1v) is 9.81. The maximum atomic E-state index is 13.4. The van der Waals surface area contributed by atoms with Crippen LogP contribution in [-0.2, 0) is 0 Å². The van der Waals surface area contributed by atoms with Gasteiger partial charge in [-0.05, 0) is 48.1 Å². The first-order chi connectivity index (χ1) is 14.2. The van der Waals surface area contributed by atoms with Crippen LogP contribution >= 0.6 is 0 Å². The summed E-state index contributed by atoms with van der Waals surface area (Å²) in [5.41, 5.74) is 2.36. The molecule has 1 saturated carbocycles. The predicted octanol–water partition coefficient (Wildman–Crippen LogP) is 2.63. The second kappa shape index (κ2) is 7.36. The van der Waals surface area contributed by atoms with Crippen LogP contribution in [0, 0.1) is 11.9 Å². The van der Waals surface area contributed by atoms with Gasteiger partial charge in [0.15, 0.2) is 0 Å². The van der Waals surface area contributed by atoms with E-state index in [1.165, 1.54) is 25.1 Å². The Balaban J connectivity index is 1.35. The monoisotopic (exact) mass is 392 g/mol. The lowest BCUT2D eigenvalue weighted by atomic mass is 10.0. The molecule has 2 fully saturated rings. The normalized spacial score (nSPS) is 19.3. The van der Waals surface area contributed by atoms with Gasteiger partial charge in [-0.1, -0.05) is 6.07 Å². The second-order valence-corrected chi connectivity index (χ2v) is 7.59. The highest BCUT2D eigenvalue weighted by Gasteiger charge is 2.34. The third kappa shape index (κ3) is 3.75. The highest BCUT2D eigenvalue weighted by molar-refractivity contribution is 5.73. The summed E-state index contributed by atoms with van der Waals surface area (Å²) in [7, 11) is 0. The van der Waals surface area contributed by atoms with Crippen molar-refractivity contribution in [2.75, 3.05) is 24.5 Å². The molecule has 0 spiro atoms. The molecule has 3 heterocycles. The first-order valence-electron chi connectivity index (χ1n) is 9.81. The van der Waals surface area contributed by atoms with Crippen molar-refractivity contribution in [1.82, 2.24) is 25.5 Å². The Hall–Kier alpha value is -3.13. The number of phenolic OH excluding ortho intramolecular Hbond substituents is 1. The third-order valence-corrected chi connectivity index (χ3v) is 5.56. The van der Waals surface area contributed by atoms with Crippen molar-refractivity contribution >= 4 is 5.95 Å². The number of anilines is 1. The molecule has 7 nitrogen and oxygen atoms in total. The van der Waals surface area contributed by atoms with Crippen molar-refractivity contribution in [3.63, 3.8) is 0 Å². The van der Waals surface area contributed by atoms with Gasteiger partial charge in [-0.2, -0.15) is 4.39 Å². The molecule has 5 rings (SSSR count). The maximum Gasteiger partial charge on any atom is 0.245 e. The van der Waals surface area contributed by atoms with E-state index in [1.807, 2.05) is 0 Å². The Morgan fingerprint density at radius 3 is 2.66 bits per heavy atom. The van der Waals surface area contributed by atoms with E-state index in [2.05, 4.69) is 30.4 Å². The van der Waals surface area contributed by atoms with E-state index < -0.39 is 5.95 Å². The number of nitrogens with one attached hydrogen (secondary N) is 1. The van der Waals surface area contributed by atoms with Gasteiger partial charge in [-0.3, -0.25) is 0 Å². The molecule has 1 aliphatic heterocycles. The fourth-order valence-electron chi connectivity index (χ4n) is 3.82. The molecule has 1 aliphatic carbocycles. The molecule has 0 bridgehead atoms. The minimum Gasteiger partial charge on any atom is -0.507 e. The molecule has 1 saturated heterocycles. The fraction of sp³-hybridized carbons (Fsp3) is 0.333. The lowest BCUT2D eigenvalue weighted by Gasteiger charge is -2.33. The van der Waals surface area contributed by atoms with E-state index in [1.54, 1.807) is 30.5 Å². The number of nitrogens with zero attached hydrogens (tertiary/aromatic N) is 5. The lowest BCUT2D eigenvalue weighted by Crippen LogP contribution is -2.52. The number of hydrogen-bond acceptors (Lipinski definition) is 7. The van der Waals surface area contributed by atoms with Crippen molar-refractivity contribution in [2.45, 2.75) is 18.9 Å². The zero-order valence-corrected chi connectivity index (χ0v) is 15.8. The number of benzene rings is 1. The number of hydrogen-bond donors (Lipinski definition) is 2. The van der Waals surface area contributed by atoms with Crippen molar-refractivity contribution in [2.24, 2.45) is 5.92 Å². The first kappa shape index (κ1) is 17.9. The quantitative estimate of drug-likeness (QED) is 0.660. The number of rotatable bonds is 4. The maximum absolute atomic E-state index is 13.4. The average molecular weight is 392 g/mol. The van der Waals surface area contributed by atoms with E-state index in [9.17, 15) is 9.50 Å². The van der Waals surface area contributed by atoms with E-state index >= 15 is 0 Å². The zero-order valence-electron chi connectivity index (χ0n) is 15.8. The zero-order chi connectivity index (χ0) is 19.8. The number of aromatic hydroxyl groups is 1. The Bertz CT molecular complexity index is 1020. The number of phenols is 1. The number of pyridine rings is 1. The topological polar surface area (TPSA) is 87.1 Å². The molecule has 29 heavy (non-hydrogen) atoms. The minimum atomic E-state index is -0.562. The summed E-state index contributed by atoms with van der Waals surface area (Å²) in [6, 6.07) is 8.64. The van der Waals surface area contributed by atoms with Gasteiger partial charge in [0.05, 0.1) is 6.20 Å². The predicted molar refractivity (Wildman–Crippen MR) is 107 cm³/mol. The molecule has 1 atom stereocenters. The van der Waals surface area contributed by atoms with Crippen LogP contribution in [0.4, 0.5) is 10.3 Å². The van der Waals surface area contributed by atoms with Crippen molar-refractivity contribution in [3.05, 3.63) is 48.7 Å². The number of halogens is 1. The fourth-order valence-corrected chi connectivity index (χ4v) is 3.82. The van der Waals surface area contributed by atoms with E-state index in [0.29, 0.717) is 34.4 Å². The van der Waals surface area contributed by atoms with Gasteiger partial charge in [0, 0.05) is 43.5 Å². The van der Waals surface area contributed by atoms with Crippen LogP contribution in [0.25, 0.3) is 22.4 Å². The molecule has 1 aromatic carbocycles. The van der Waals surface area contributed by atoms with Crippen molar-refractivity contribution < 1.29 is 9.50 Å². The van der Waals surface area contributed by atoms with Crippen LogP contribution in [0.3, 0.4) is 0 Å². The summed E-state index contributed by atoms with van der Waals surface area (Å²) in [5, 5.41) is 22.6. The van der Waals surface area contributed by atoms with Gasteiger partial charge < -0.3 is 15.3 Å². The summed E-state index contributed by atoms with van der Waals surface area (Å²) in [6.45, 7) is 2.67. The summed E-state index contributed by atoms with van der Waals surface area (Å²) in [4.78, 5) is 10.2. The average Bonchev–Trinajstić information content (AvgIpc) is 3.60.